The second kappa shape index (κ2) is 5.41. The van der Waals surface area contributed by atoms with Crippen molar-refractivity contribution in [2.24, 2.45) is 0 Å². The first-order chi connectivity index (χ1) is 7.28. The van der Waals surface area contributed by atoms with Gasteiger partial charge in [0, 0.05) is 19.6 Å². The van der Waals surface area contributed by atoms with E-state index in [-0.39, 0.29) is 12.7 Å². The van der Waals surface area contributed by atoms with Gasteiger partial charge in [-0.3, -0.25) is 4.90 Å². The van der Waals surface area contributed by atoms with Crippen LogP contribution in [0.3, 0.4) is 0 Å². The van der Waals surface area contributed by atoms with Crippen LogP contribution in [0.1, 0.15) is 5.56 Å². The molecule has 0 aliphatic carbocycles. The maximum absolute atomic E-state index is 9.02. The van der Waals surface area contributed by atoms with E-state index in [9.17, 15) is 0 Å². The molecule has 1 fully saturated rings. The molecule has 2 rings (SSSR count). The predicted octanol–water partition coefficient (Wildman–Crippen LogP) is 1.70. The van der Waals surface area contributed by atoms with E-state index in [2.05, 4.69) is 32.3 Å². The molecule has 1 aromatic rings. The summed E-state index contributed by atoms with van der Waals surface area (Å²) in [7, 11) is 0. The van der Waals surface area contributed by atoms with Gasteiger partial charge in [-0.25, -0.2) is 0 Å². The van der Waals surface area contributed by atoms with E-state index < -0.39 is 0 Å². The SMILES string of the molecule is OCC1CN(Cc2csc(Br)c2)CCO1. The van der Waals surface area contributed by atoms with Crippen molar-refractivity contribution in [3.05, 3.63) is 20.8 Å². The first-order valence-electron chi connectivity index (χ1n) is 4.95. The largest absolute Gasteiger partial charge is 0.394 e. The van der Waals surface area contributed by atoms with Crippen LogP contribution in [-0.2, 0) is 11.3 Å². The first-order valence-corrected chi connectivity index (χ1v) is 6.63. The first kappa shape index (κ1) is 11.5. The lowest BCUT2D eigenvalue weighted by molar-refractivity contribution is -0.0550. The van der Waals surface area contributed by atoms with Gasteiger partial charge < -0.3 is 9.84 Å². The van der Waals surface area contributed by atoms with Crippen molar-refractivity contribution in [1.82, 2.24) is 4.90 Å². The molecule has 0 aromatic carbocycles. The molecule has 5 heteroatoms. The molecule has 0 amide bonds. The minimum absolute atomic E-state index is 0.0131. The summed E-state index contributed by atoms with van der Waals surface area (Å²) < 4.78 is 6.57. The molecule has 15 heavy (non-hydrogen) atoms. The fraction of sp³-hybridized carbons (Fsp3) is 0.600. The fourth-order valence-corrected chi connectivity index (χ4v) is 2.92. The van der Waals surface area contributed by atoms with Gasteiger partial charge >= 0.3 is 0 Å². The predicted molar refractivity (Wildman–Crippen MR) is 64.1 cm³/mol. The number of aliphatic hydroxyl groups excluding tert-OH is 1. The molecule has 0 radical (unpaired) electrons. The van der Waals surface area contributed by atoms with E-state index >= 15 is 0 Å². The third kappa shape index (κ3) is 3.26. The van der Waals surface area contributed by atoms with E-state index in [1.165, 1.54) is 9.35 Å². The topological polar surface area (TPSA) is 32.7 Å². The highest BCUT2D eigenvalue weighted by molar-refractivity contribution is 9.11. The van der Waals surface area contributed by atoms with Gasteiger partial charge in [0.25, 0.3) is 0 Å². The molecule has 1 aliphatic rings. The molecular formula is C10H14BrNO2S. The summed E-state index contributed by atoms with van der Waals surface area (Å²) in [5.74, 6) is 0. The Bertz CT molecular complexity index is 318. The van der Waals surface area contributed by atoms with Gasteiger partial charge in [0.15, 0.2) is 0 Å². The van der Waals surface area contributed by atoms with Crippen LogP contribution in [0.25, 0.3) is 0 Å². The van der Waals surface area contributed by atoms with Crippen molar-refractivity contribution in [2.75, 3.05) is 26.3 Å². The Balaban J connectivity index is 1.88. The van der Waals surface area contributed by atoms with E-state index in [0.717, 1.165) is 26.2 Å². The minimum atomic E-state index is -0.0131. The summed E-state index contributed by atoms with van der Waals surface area (Å²) in [5, 5.41) is 11.2. The fourth-order valence-electron chi connectivity index (χ4n) is 1.72. The Hall–Kier alpha value is 0.0600. The number of ether oxygens (including phenoxy) is 1. The number of hydrogen-bond acceptors (Lipinski definition) is 4. The summed E-state index contributed by atoms with van der Waals surface area (Å²) in [5.41, 5.74) is 1.32. The molecule has 0 saturated carbocycles. The minimum Gasteiger partial charge on any atom is -0.394 e. The zero-order valence-electron chi connectivity index (χ0n) is 8.36. The Kier molecular flexibility index (Phi) is 4.16. The zero-order chi connectivity index (χ0) is 10.7. The second-order valence-electron chi connectivity index (χ2n) is 3.67. The third-order valence-corrected chi connectivity index (χ3v) is 4.01. The molecule has 0 bridgehead atoms. The lowest BCUT2D eigenvalue weighted by Gasteiger charge is -2.31. The van der Waals surface area contributed by atoms with E-state index in [1.807, 2.05) is 0 Å². The molecule has 1 unspecified atom stereocenters. The van der Waals surface area contributed by atoms with Gasteiger partial charge in [0.05, 0.1) is 23.1 Å². The maximum Gasteiger partial charge on any atom is 0.0933 e. The number of rotatable bonds is 3. The highest BCUT2D eigenvalue weighted by Gasteiger charge is 2.19. The van der Waals surface area contributed by atoms with Gasteiger partial charge in [0.2, 0.25) is 0 Å². The van der Waals surface area contributed by atoms with E-state index in [1.54, 1.807) is 11.3 Å². The summed E-state index contributed by atoms with van der Waals surface area (Å²) in [4.78, 5) is 2.32. The van der Waals surface area contributed by atoms with Gasteiger partial charge in [-0.1, -0.05) is 0 Å². The molecule has 1 atom stereocenters. The maximum atomic E-state index is 9.02. The Morgan fingerprint density at radius 2 is 2.53 bits per heavy atom. The molecule has 2 heterocycles. The van der Waals surface area contributed by atoms with Crippen molar-refractivity contribution < 1.29 is 9.84 Å². The normalized spacial score (nSPS) is 23.2. The standard InChI is InChI=1S/C10H14BrNO2S/c11-10-3-8(7-15-10)4-12-1-2-14-9(5-12)6-13/h3,7,9,13H,1-2,4-6H2. The lowest BCUT2D eigenvalue weighted by atomic mass is 10.2. The third-order valence-electron chi connectivity index (χ3n) is 2.45. The Morgan fingerprint density at radius 3 is 3.20 bits per heavy atom. The molecule has 1 aromatic heterocycles. The molecule has 3 nitrogen and oxygen atoms in total. The van der Waals surface area contributed by atoms with Gasteiger partial charge in [-0.2, -0.15) is 0 Å². The molecule has 84 valence electrons. The number of morpholine rings is 1. The monoisotopic (exact) mass is 291 g/mol. The van der Waals surface area contributed by atoms with Crippen LogP contribution in [-0.4, -0.2) is 42.4 Å². The number of aliphatic hydroxyl groups is 1. The smallest absolute Gasteiger partial charge is 0.0933 e. The number of nitrogens with zero attached hydrogens (tertiary/aromatic N) is 1. The zero-order valence-corrected chi connectivity index (χ0v) is 10.8. The average molecular weight is 292 g/mol. The summed E-state index contributed by atoms with van der Waals surface area (Å²) in [6.45, 7) is 3.55. The second-order valence-corrected chi connectivity index (χ2v) is 5.96. The Labute approximate surface area is 102 Å². The molecule has 0 spiro atoms. The van der Waals surface area contributed by atoms with Crippen LogP contribution in [0.5, 0.6) is 0 Å². The van der Waals surface area contributed by atoms with Crippen LogP contribution in [0.2, 0.25) is 0 Å². The van der Waals surface area contributed by atoms with Crippen molar-refractivity contribution in [1.29, 1.82) is 0 Å². The molecule has 1 N–H and O–H groups in total. The quantitative estimate of drug-likeness (QED) is 0.920. The number of thiophene rings is 1. The van der Waals surface area contributed by atoms with E-state index in [4.69, 9.17) is 9.84 Å². The van der Waals surface area contributed by atoms with Crippen molar-refractivity contribution >= 4 is 27.3 Å². The van der Waals surface area contributed by atoms with Crippen molar-refractivity contribution in [2.45, 2.75) is 12.6 Å². The van der Waals surface area contributed by atoms with Crippen LogP contribution in [0, 0.1) is 0 Å². The summed E-state index contributed by atoms with van der Waals surface area (Å²) in [6.07, 6.45) is -0.0131. The highest BCUT2D eigenvalue weighted by Crippen LogP contribution is 2.22. The van der Waals surface area contributed by atoms with Gasteiger partial charge in [0.1, 0.15) is 0 Å². The Morgan fingerprint density at radius 1 is 1.67 bits per heavy atom. The number of hydrogen-bond donors (Lipinski definition) is 1. The highest BCUT2D eigenvalue weighted by atomic mass is 79.9. The van der Waals surface area contributed by atoms with Gasteiger partial charge in [-0.05, 0) is 32.9 Å². The number of halogens is 1. The van der Waals surface area contributed by atoms with Crippen LogP contribution in [0.15, 0.2) is 15.2 Å². The average Bonchev–Trinajstić information content (AvgIpc) is 2.64. The summed E-state index contributed by atoms with van der Waals surface area (Å²) in [6, 6.07) is 2.15. The van der Waals surface area contributed by atoms with Crippen molar-refractivity contribution in [3.63, 3.8) is 0 Å². The van der Waals surface area contributed by atoms with Crippen LogP contribution < -0.4 is 0 Å². The van der Waals surface area contributed by atoms with Crippen LogP contribution in [0.4, 0.5) is 0 Å². The molecule has 1 saturated heterocycles. The van der Waals surface area contributed by atoms with Crippen molar-refractivity contribution in [3.8, 4) is 0 Å². The van der Waals surface area contributed by atoms with Crippen LogP contribution >= 0.6 is 27.3 Å². The van der Waals surface area contributed by atoms with Gasteiger partial charge in [-0.15, -0.1) is 11.3 Å². The molecular weight excluding hydrogens is 278 g/mol. The van der Waals surface area contributed by atoms with E-state index in [0.29, 0.717) is 0 Å². The lowest BCUT2D eigenvalue weighted by Crippen LogP contribution is -2.43. The summed E-state index contributed by atoms with van der Waals surface area (Å²) >= 11 is 5.17. The molecule has 1 aliphatic heterocycles.